The molecule has 1 atom stereocenters. The standard InChI is InChI=1S/C20H29N3O3S/c1-15(16-5-6-16)21-20(24)14-22-9-11-23(12-10-22)27(25,26)19-8-7-17-3-2-4-18(17)13-19/h7-8,13,15-16H,2-6,9-12,14H2,1H3,(H,21,24)/p+1/t15-/m1/s1. The molecule has 148 valence electrons. The fourth-order valence-electron chi connectivity index (χ4n) is 4.32. The summed E-state index contributed by atoms with van der Waals surface area (Å²) < 4.78 is 27.5. The van der Waals surface area contributed by atoms with Gasteiger partial charge in [-0.05, 0) is 68.2 Å². The highest BCUT2D eigenvalue weighted by Gasteiger charge is 2.33. The molecule has 2 aliphatic carbocycles. The first-order valence-electron chi connectivity index (χ1n) is 10.2. The molecule has 0 radical (unpaired) electrons. The number of nitrogens with one attached hydrogen (secondary N) is 2. The van der Waals surface area contributed by atoms with Gasteiger partial charge in [0.05, 0.1) is 31.1 Å². The maximum Gasteiger partial charge on any atom is 0.275 e. The predicted octanol–water partition coefficient (Wildman–Crippen LogP) is -0.0208. The molecule has 1 saturated carbocycles. The van der Waals surface area contributed by atoms with Crippen LogP contribution in [0.1, 0.15) is 37.3 Å². The van der Waals surface area contributed by atoms with Crippen molar-refractivity contribution in [2.24, 2.45) is 5.92 Å². The lowest BCUT2D eigenvalue weighted by atomic mass is 10.1. The van der Waals surface area contributed by atoms with Crippen LogP contribution in [0.3, 0.4) is 0 Å². The number of piperazine rings is 1. The number of amides is 1. The van der Waals surface area contributed by atoms with E-state index >= 15 is 0 Å². The third kappa shape index (κ3) is 4.20. The molecule has 0 unspecified atom stereocenters. The molecule has 27 heavy (non-hydrogen) atoms. The van der Waals surface area contributed by atoms with Crippen molar-refractivity contribution < 1.29 is 18.1 Å². The Labute approximate surface area is 162 Å². The first kappa shape index (κ1) is 18.9. The highest BCUT2D eigenvalue weighted by Crippen LogP contribution is 2.32. The number of sulfonamides is 1. The second kappa shape index (κ2) is 7.53. The fraction of sp³-hybridized carbons (Fsp3) is 0.650. The molecule has 1 heterocycles. The second-order valence-corrected chi connectivity index (χ2v) is 10.2. The minimum absolute atomic E-state index is 0.0827. The van der Waals surface area contributed by atoms with E-state index in [-0.39, 0.29) is 11.9 Å². The topological polar surface area (TPSA) is 70.9 Å². The lowest BCUT2D eigenvalue weighted by Crippen LogP contribution is -3.15. The quantitative estimate of drug-likeness (QED) is 0.715. The number of carbonyl (C=O) groups excluding carboxylic acids is 1. The molecule has 1 aliphatic heterocycles. The van der Waals surface area contributed by atoms with Gasteiger partial charge in [0.2, 0.25) is 10.0 Å². The minimum Gasteiger partial charge on any atom is -0.348 e. The zero-order valence-electron chi connectivity index (χ0n) is 16.0. The summed E-state index contributed by atoms with van der Waals surface area (Å²) in [5.41, 5.74) is 2.47. The molecular formula is C20H30N3O3S+. The SMILES string of the molecule is C[C@@H](NC(=O)C[NH+]1CCN(S(=O)(=O)c2ccc3c(c2)CCC3)CC1)C1CC1. The van der Waals surface area contributed by atoms with E-state index in [1.54, 1.807) is 10.4 Å². The van der Waals surface area contributed by atoms with Crippen LogP contribution in [0.25, 0.3) is 0 Å². The van der Waals surface area contributed by atoms with Gasteiger partial charge in [-0.1, -0.05) is 6.07 Å². The largest absolute Gasteiger partial charge is 0.348 e. The lowest BCUT2D eigenvalue weighted by molar-refractivity contribution is -0.895. The first-order valence-corrected chi connectivity index (χ1v) is 11.6. The molecule has 2 fully saturated rings. The predicted molar refractivity (Wildman–Crippen MR) is 103 cm³/mol. The maximum absolute atomic E-state index is 13.0. The Morgan fingerprint density at radius 2 is 1.93 bits per heavy atom. The number of benzene rings is 1. The van der Waals surface area contributed by atoms with Crippen molar-refractivity contribution in [2.45, 2.75) is 50.0 Å². The van der Waals surface area contributed by atoms with Crippen molar-refractivity contribution in [3.8, 4) is 0 Å². The summed E-state index contributed by atoms with van der Waals surface area (Å²) in [6, 6.07) is 5.86. The smallest absolute Gasteiger partial charge is 0.275 e. The Kier molecular flexibility index (Phi) is 5.27. The van der Waals surface area contributed by atoms with Crippen LogP contribution >= 0.6 is 0 Å². The third-order valence-electron chi connectivity index (χ3n) is 6.27. The highest BCUT2D eigenvalue weighted by molar-refractivity contribution is 7.89. The molecule has 2 N–H and O–H groups in total. The normalized spacial score (nSPS) is 22.4. The molecule has 6 nitrogen and oxygen atoms in total. The van der Waals surface area contributed by atoms with E-state index in [4.69, 9.17) is 0 Å². The number of quaternary nitrogens is 1. The summed E-state index contributed by atoms with van der Waals surface area (Å²) >= 11 is 0. The Morgan fingerprint density at radius 1 is 1.22 bits per heavy atom. The van der Waals surface area contributed by atoms with Crippen molar-refractivity contribution in [1.82, 2.24) is 9.62 Å². The first-order chi connectivity index (χ1) is 12.9. The van der Waals surface area contributed by atoms with Gasteiger partial charge in [0.1, 0.15) is 0 Å². The van der Waals surface area contributed by atoms with Crippen molar-refractivity contribution in [1.29, 1.82) is 0 Å². The number of aryl methyl sites for hydroxylation is 2. The van der Waals surface area contributed by atoms with Gasteiger partial charge in [0.15, 0.2) is 6.54 Å². The zero-order chi connectivity index (χ0) is 19.0. The number of nitrogens with zero attached hydrogens (tertiary/aromatic N) is 1. The van der Waals surface area contributed by atoms with Crippen LogP contribution in [-0.4, -0.2) is 57.4 Å². The van der Waals surface area contributed by atoms with Crippen molar-refractivity contribution in [2.75, 3.05) is 32.7 Å². The van der Waals surface area contributed by atoms with Gasteiger partial charge in [-0.3, -0.25) is 4.79 Å². The van der Waals surface area contributed by atoms with Crippen molar-refractivity contribution >= 4 is 15.9 Å². The Balaban J connectivity index is 1.32. The number of hydrogen-bond acceptors (Lipinski definition) is 3. The van der Waals surface area contributed by atoms with Crippen LogP contribution < -0.4 is 10.2 Å². The van der Waals surface area contributed by atoms with Gasteiger partial charge in [-0.25, -0.2) is 8.42 Å². The molecule has 7 heteroatoms. The second-order valence-electron chi connectivity index (χ2n) is 8.31. The summed E-state index contributed by atoms with van der Waals surface area (Å²) in [5.74, 6) is 0.734. The van der Waals surface area contributed by atoms with Crippen molar-refractivity contribution in [3.05, 3.63) is 29.3 Å². The van der Waals surface area contributed by atoms with Gasteiger partial charge in [-0.15, -0.1) is 0 Å². The summed E-state index contributed by atoms with van der Waals surface area (Å²) in [7, 11) is -3.44. The van der Waals surface area contributed by atoms with Crippen LogP contribution in [0.4, 0.5) is 0 Å². The summed E-state index contributed by atoms with van der Waals surface area (Å²) in [4.78, 5) is 13.8. The van der Waals surface area contributed by atoms with E-state index in [0.717, 1.165) is 24.2 Å². The average Bonchev–Trinajstić information content (AvgIpc) is 3.39. The van der Waals surface area contributed by atoms with Crippen LogP contribution in [0.5, 0.6) is 0 Å². The van der Waals surface area contributed by atoms with Crippen LogP contribution in [-0.2, 0) is 27.7 Å². The zero-order valence-corrected chi connectivity index (χ0v) is 16.9. The van der Waals surface area contributed by atoms with E-state index in [2.05, 4.69) is 12.2 Å². The Hall–Kier alpha value is -1.44. The summed E-state index contributed by atoms with van der Waals surface area (Å²) in [6.07, 6.45) is 5.58. The third-order valence-corrected chi connectivity index (χ3v) is 8.16. The van der Waals surface area contributed by atoms with E-state index in [0.29, 0.717) is 43.5 Å². The van der Waals surface area contributed by atoms with Gasteiger partial charge in [0, 0.05) is 6.04 Å². The highest BCUT2D eigenvalue weighted by atomic mass is 32.2. The lowest BCUT2D eigenvalue weighted by Gasteiger charge is -2.31. The summed E-state index contributed by atoms with van der Waals surface area (Å²) in [6.45, 7) is 4.81. The Morgan fingerprint density at radius 3 is 2.63 bits per heavy atom. The van der Waals surface area contributed by atoms with Gasteiger partial charge in [-0.2, -0.15) is 4.31 Å². The molecule has 1 aromatic carbocycles. The maximum atomic E-state index is 13.0. The van der Waals surface area contributed by atoms with Crippen LogP contribution in [0, 0.1) is 5.92 Å². The van der Waals surface area contributed by atoms with Crippen LogP contribution in [0.15, 0.2) is 23.1 Å². The van der Waals surface area contributed by atoms with Gasteiger partial charge < -0.3 is 10.2 Å². The molecule has 1 saturated heterocycles. The van der Waals surface area contributed by atoms with E-state index in [9.17, 15) is 13.2 Å². The minimum atomic E-state index is -3.44. The number of fused-ring (bicyclic) bond motifs is 1. The van der Waals surface area contributed by atoms with Gasteiger partial charge >= 0.3 is 0 Å². The van der Waals surface area contributed by atoms with E-state index in [1.165, 1.54) is 24.0 Å². The molecule has 0 spiro atoms. The van der Waals surface area contributed by atoms with Crippen LogP contribution in [0.2, 0.25) is 0 Å². The van der Waals surface area contributed by atoms with E-state index < -0.39 is 10.0 Å². The van der Waals surface area contributed by atoms with Crippen molar-refractivity contribution in [3.63, 3.8) is 0 Å². The molecule has 0 aromatic heterocycles. The monoisotopic (exact) mass is 392 g/mol. The molecule has 1 aromatic rings. The summed E-state index contributed by atoms with van der Waals surface area (Å²) in [5, 5.41) is 3.09. The molecule has 3 aliphatic rings. The average molecular weight is 393 g/mol. The molecule has 1 amide bonds. The van der Waals surface area contributed by atoms with E-state index in [1.807, 2.05) is 12.1 Å². The molecule has 0 bridgehead atoms. The molecular weight excluding hydrogens is 362 g/mol. The number of carbonyl (C=O) groups is 1. The number of rotatable bonds is 6. The number of hydrogen-bond donors (Lipinski definition) is 2. The van der Waals surface area contributed by atoms with Gasteiger partial charge in [0.25, 0.3) is 5.91 Å². The molecule has 4 rings (SSSR count). The fourth-order valence-corrected chi connectivity index (χ4v) is 5.82. The Bertz CT molecular complexity index is 812.